The van der Waals surface area contributed by atoms with Crippen LogP contribution in [0.15, 0.2) is 23.9 Å². The van der Waals surface area contributed by atoms with Crippen LogP contribution in [0.25, 0.3) is 0 Å². The Hall–Kier alpha value is -1.84. The van der Waals surface area contributed by atoms with Gasteiger partial charge >= 0.3 is 0 Å². The molecule has 1 heterocycles. The normalized spacial score (nSPS) is 29.0. The molecule has 1 N–H and O–H groups in total. The number of ketones is 1. The molecular weight excluding hydrogens is 339 g/mol. The van der Waals surface area contributed by atoms with E-state index in [9.17, 15) is 4.79 Å². The number of allylic oxidation sites excluding steroid dienone is 1. The Morgan fingerprint density at radius 3 is 2.70 bits per heavy atom. The molecule has 0 bridgehead atoms. The summed E-state index contributed by atoms with van der Waals surface area (Å²) in [5.74, 6) is 0.769. The van der Waals surface area contributed by atoms with Crippen LogP contribution < -0.4 is 10.2 Å². The fourth-order valence-corrected chi connectivity index (χ4v) is 4.41. The highest BCUT2D eigenvalue weighted by molar-refractivity contribution is 6.08. The molecule has 3 fully saturated rings. The first kappa shape index (κ1) is 18.5. The molecule has 1 aromatic rings. The molecule has 3 atom stereocenters. The van der Waals surface area contributed by atoms with Gasteiger partial charge in [-0.05, 0) is 68.9 Å². The van der Waals surface area contributed by atoms with Gasteiger partial charge in [0.05, 0.1) is 5.56 Å². The molecule has 27 heavy (non-hydrogen) atoms. The minimum Gasteiger partial charge on any atom is -0.388 e. The van der Waals surface area contributed by atoms with Crippen molar-refractivity contribution in [1.82, 2.24) is 5.32 Å². The average molecular weight is 371 g/mol. The van der Waals surface area contributed by atoms with Crippen molar-refractivity contribution < 1.29 is 9.18 Å². The number of hydrogen-bond donors (Lipinski definition) is 1. The summed E-state index contributed by atoms with van der Waals surface area (Å²) in [6.07, 6.45) is 6.72. The molecule has 0 amide bonds. The summed E-state index contributed by atoms with van der Waals surface area (Å²) in [4.78, 5) is 15.0. The van der Waals surface area contributed by atoms with E-state index in [1.54, 1.807) is 26.1 Å². The van der Waals surface area contributed by atoms with E-state index < -0.39 is 0 Å². The Labute approximate surface area is 162 Å². The minimum absolute atomic E-state index is 0.181. The lowest BCUT2D eigenvalue weighted by Crippen LogP contribution is -2.23. The SMILES string of the molecule is C/C(=C\N[C@@H]1C[C@@H]1C)C(=O)c1ccc(N2CC[C@@H](C3(C)CC3)C2)c(C)c1F. The standard InChI is InChI=1S/C23H31FN2O/c1-14-11-19(14)25-12-15(2)22(27)18-5-6-20(16(3)21(18)24)26-10-7-17(13-26)23(4)8-9-23/h5-6,12,14,17,19,25H,7-11,13H2,1-4H3/b15-12+/t14-,17+,19+/m0/s1. The van der Waals surface area contributed by atoms with Crippen molar-refractivity contribution in [2.45, 2.75) is 59.4 Å². The zero-order valence-corrected chi connectivity index (χ0v) is 16.9. The van der Waals surface area contributed by atoms with Crippen molar-refractivity contribution in [3.05, 3.63) is 40.8 Å². The van der Waals surface area contributed by atoms with Crippen LogP contribution in [0.4, 0.5) is 10.1 Å². The van der Waals surface area contributed by atoms with Gasteiger partial charge in [-0.25, -0.2) is 4.39 Å². The zero-order valence-electron chi connectivity index (χ0n) is 16.9. The smallest absolute Gasteiger partial charge is 0.193 e. The number of nitrogens with zero attached hydrogens (tertiary/aromatic N) is 1. The molecule has 4 rings (SSSR count). The van der Waals surface area contributed by atoms with Crippen LogP contribution in [0.5, 0.6) is 0 Å². The lowest BCUT2D eigenvalue weighted by Gasteiger charge is -2.24. The van der Waals surface area contributed by atoms with E-state index in [2.05, 4.69) is 24.1 Å². The molecule has 0 radical (unpaired) electrons. The van der Waals surface area contributed by atoms with Crippen molar-refractivity contribution in [3.8, 4) is 0 Å². The Morgan fingerprint density at radius 2 is 2.07 bits per heavy atom. The van der Waals surface area contributed by atoms with Gasteiger partial charge in [-0.1, -0.05) is 13.8 Å². The van der Waals surface area contributed by atoms with Gasteiger partial charge in [0, 0.05) is 42.2 Å². The predicted octanol–water partition coefficient (Wildman–Crippen LogP) is 4.85. The molecule has 146 valence electrons. The van der Waals surface area contributed by atoms with Crippen LogP contribution in [0.3, 0.4) is 0 Å². The summed E-state index contributed by atoms with van der Waals surface area (Å²) < 4.78 is 15.0. The number of benzene rings is 1. The zero-order chi connectivity index (χ0) is 19.3. The molecule has 1 aliphatic heterocycles. The lowest BCUT2D eigenvalue weighted by atomic mass is 9.90. The van der Waals surface area contributed by atoms with Gasteiger partial charge in [0.1, 0.15) is 5.82 Å². The number of carbonyl (C=O) groups is 1. The molecule has 0 unspecified atom stereocenters. The van der Waals surface area contributed by atoms with E-state index in [1.165, 1.54) is 19.3 Å². The maximum Gasteiger partial charge on any atom is 0.193 e. The second kappa shape index (κ2) is 6.65. The van der Waals surface area contributed by atoms with Crippen molar-refractivity contribution >= 4 is 11.5 Å². The average Bonchev–Trinajstić information content (AvgIpc) is 3.50. The molecular formula is C23H31FN2O. The number of nitrogens with one attached hydrogen (secondary N) is 1. The van der Waals surface area contributed by atoms with E-state index >= 15 is 4.39 Å². The number of rotatable bonds is 6. The maximum atomic E-state index is 15.0. The third-order valence-corrected chi connectivity index (χ3v) is 7.14. The molecule has 1 saturated heterocycles. The van der Waals surface area contributed by atoms with Crippen LogP contribution in [0.2, 0.25) is 0 Å². The summed E-state index contributed by atoms with van der Waals surface area (Å²) in [6, 6.07) is 4.06. The molecule has 2 aliphatic carbocycles. The van der Waals surface area contributed by atoms with Gasteiger partial charge in [0.25, 0.3) is 0 Å². The van der Waals surface area contributed by atoms with Crippen LogP contribution in [-0.2, 0) is 0 Å². The van der Waals surface area contributed by atoms with Gasteiger partial charge in [-0.3, -0.25) is 4.79 Å². The lowest BCUT2D eigenvalue weighted by molar-refractivity contribution is 0.103. The number of anilines is 1. The Balaban J connectivity index is 1.49. The topological polar surface area (TPSA) is 32.3 Å². The highest BCUT2D eigenvalue weighted by Gasteiger charge is 2.47. The van der Waals surface area contributed by atoms with E-state index in [4.69, 9.17) is 0 Å². The second-order valence-corrected chi connectivity index (χ2v) is 9.30. The van der Waals surface area contributed by atoms with Crippen molar-refractivity contribution in [1.29, 1.82) is 0 Å². The molecule has 1 aromatic carbocycles. The fourth-order valence-electron chi connectivity index (χ4n) is 4.41. The van der Waals surface area contributed by atoms with Crippen LogP contribution in [0.1, 0.15) is 62.4 Å². The van der Waals surface area contributed by atoms with E-state index in [0.717, 1.165) is 25.2 Å². The Morgan fingerprint density at radius 1 is 1.37 bits per heavy atom. The summed E-state index contributed by atoms with van der Waals surface area (Å²) in [6.45, 7) is 10.1. The quantitative estimate of drug-likeness (QED) is 0.574. The molecule has 0 aromatic heterocycles. The van der Waals surface area contributed by atoms with Crippen LogP contribution >= 0.6 is 0 Å². The largest absolute Gasteiger partial charge is 0.388 e. The number of carbonyl (C=O) groups excluding carboxylic acids is 1. The van der Waals surface area contributed by atoms with E-state index in [0.29, 0.717) is 34.4 Å². The Bertz CT molecular complexity index is 796. The van der Waals surface area contributed by atoms with Crippen LogP contribution in [-0.4, -0.2) is 24.9 Å². The van der Waals surface area contributed by atoms with Gasteiger partial charge in [-0.2, -0.15) is 0 Å². The molecule has 2 saturated carbocycles. The third-order valence-electron chi connectivity index (χ3n) is 7.14. The van der Waals surface area contributed by atoms with Gasteiger partial charge in [-0.15, -0.1) is 0 Å². The van der Waals surface area contributed by atoms with Crippen molar-refractivity contribution in [3.63, 3.8) is 0 Å². The molecule has 3 aliphatic rings. The van der Waals surface area contributed by atoms with Gasteiger partial charge in [0.15, 0.2) is 5.78 Å². The highest BCUT2D eigenvalue weighted by atomic mass is 19.1. The number of Topliss-reactive ketones (excluding diaryl/α,β-unsaturated/α-hetero) is 1. The number of hydrogen-bond acceptors (Lipinski definition) is 3. The second-order valence-electron chi connectivity index (χ2n) is 9.30. The van der Waals surface area contributed by atoms with E-state index in [-0.39, 0.29) is 17.2 Å². The maximum absolute atomic E-state index is 15.0. The van der Waals surface area contributed by atoms with Crippen molar-refractivity contribution in [2.75, 3.05) is 18.0 Å². The third kappa shape index (κ3) is 3.51. The number of halogens is 1. The fraction of sp³-hybridized carbons (Fsp3) is 0.609. The van der Waals surface area contributed by atoms with Crippen molar-refractivity contribution in [2.24, 2.45) is 17.3 Å². The van der Waals surface area contributed by atoms with Gasteiger partial charge < -0.3 is 10.2 Å². The minimum atomic E-state index is -0.369. The first-order valence-corrected chi connectivity index (χ1v) is 10.3. The molecule has 3 nitrogen and oxygen atoms in total. The summed E-state index contributed by atoms with van der Waals surface area (Å²) in [5.41, 5.74) is 2.79. The van der Waals surface area contributed by atoms with Crippen LogP contribution in [0, 0.1) is 30.0 Å². The summed E-state index contributed by atoms with van der Waals surface area (Å²) >= 11 is 0. The predicted molar refractivity (Wildman–Crippen MR) is 108 cm³/mol. The highest BCUT2D eigenvalue weighted by Crippen LogP contribution is 2.54. The summed E-state index contributed by atoms with van der Waals surface area (Å²) in [7, 11) is 0. The first-order chi connectivity index (χ1) is 12.8. The molecule has 0 spiro atoms. The van der Waals surface area contributed by atoms with Gasteiger partial charge in [0.2, 0.25) is 0 Å². The monoisotopic (exact) mass is 370 g/mol. The Kier molecular flexibility index (Phi) is 4.56. The molecule has 4 heteroatoms. The van der Waals surface area contributed by atoms with E-state index in [1.807, 2.05) is 6.07 Å². The first-order valence-electron chi connectivity index (χ1n) is 10.3. The summed E-state index contributed by atoms with van der Waals surface area (Å²) in [5, 5.41) is 3.26.